The lowest BCUT2D eigenvalue weighted by molar-refractivity contribution is 0.0696. The summed E-state index contributed by atoms with van der Waals surface area (Å²) in [6, 6.07) is 0.637. The fourth-order valence-electron chi connectivity index (χ4n) is 2.07. The first-order valence-electron chi connectivity index (χ1n) is 6.21. The van der Waals surface area contributed by atoms with Gasteiger partial charge in [-0.3, -0.25) is 0 Å². The summed E-state index contributed by atoms with van der Waals surface area (Å²) < 4.78 is 53.6. The molecule has 5 nitrogen and oxygen atoms in total. The molecule has 0 radical (unpaired) electrons. The zero-order valence-electron chi connectivity index (χ0n) is 10.8. The largest absolute Gasteiger partial charge is 0.478 e. The van der Waals surface area contributed by atoms with Gasteiger partial charge in [0, 0.05) is 6.04 Å². The van der Waals surface area contributed by atoms with Crippen LogP contribution in [-0.2, 0) is 10.0 Å². The molecule has 0 fully saturated rings. The molecule has 0 aromatic heterocycles. The van der Waals surface area contributed by atoms with E-state index in [0.29, 0.717) is 31.4 Å². The molecule has 21 heavy (non-hydrogen) atoms. The van der Waals surface area contributed by atoms with Gasteiger partial charge in [0.1, 0.15) is 4.90 Å². The molecule has 1 unspecified atom stereocenters. The number of hydrogen-bond donors (Lipinski definition) is 2. The Kier molecular flexibility index (Phi) is 4.38. The summed E-state index contributed by atoms with van der Waals surface area (Å²) in [6.45, 7) is 0. The maximum absolute atomic E-state index is 13.7. The number of hydrogen-bond acceptors (Lipinski definition) is 3. The SMILES string of the molecule is O=C(O)c1cc(F)c(F)c(S(=O)(=O)NC2CC=CCC2)c1. The van der Waals surface area contributed by atoms with Crippen LogP contribution in [0.25, 0.3) is 0 Å². The van der Waals surface area contributed by atoms with Crippen molar-refractivity contribution < 1.29 is 27.1 Å². The minimum atomic E-state index is -4.33. The number of carboxylic acids is 1. The van der Waals surface area contributed by atoms with E-state index in [4.69, 9.17) is 5.11 Å². The zero-order chi connectivity index (χ0) is 15.6. The van der Waals surface area contributed by atoms with Gasteiger partial charge in [-0.15, -0.1) is 0 Å². The number of sulfonamides is 1. The van der Waals surface area contributed by atoms with E-state index in [1.54, 1.807) is 6.08 Å². The first kappa shape index (κ1) is 15.6. The lowest BCUT2D eigenvalue weighted by Gasteiger charge is -2.19. The Balaban J connectivity index is 2.39. The van der Waals surface area contributed by atoms with E-state index in [1.165, 1.54) is 0 Å². The molecule has 0 saturated heterocycles. The Labute approximate surface area is 120 Å². The van der Waals surface area contributed by atoms with Crippen molar-refractivity contribution in [3.8, 4) is 0 Å². The van der Waals surface area contributed by atoms with Crippen molar-refractivity contribution in [2.45, 2.75) is 30.2 Å². The number of rotatable bonds is 4. The van der Waals surface area contributed by atoms with Crippen molar-refractivity contribution in [3.63, 3.8) is 0 Å². The van der Waals surface area contributed by atoms with Crippen molar-refractivity contribution in [3.05, 3.63) is 41.5 Å². The average molecular weight is 317 g/mol. The van der Waals surface area contributed by atoms with E-state index < -0.39 is 44.1 Å². The van der Waals surface area contributed by atoms with Crippen molar-refractivity contribution >= 4 is 16.0 Å². The molecule has 8 heteroatoms. The van der Waals surface area contributed by atoms with Crippen LogP contribution in [0.3, 0.4) is 0 Å². The normalized spacial score (nSPS) is 18.7. The molecule has 1 aliphatic carbocycles. The van der Waals surface area contributed by atoms with Gasteiger partial charge in [0.05, 0.1) is 5.56 Å². The molecule has 0 heterocycles. The van der Waals surface area contributed by atoms with E-state index in [0.717, 1.165) is 0 Å². The topological polar surface area (TPSA) is 83.5 Å². The summed E-state index contributed by atoms with van der Waals surface area (Å²) >= 11 is 0. The van der Waals surface area contributed by atoms with E-state index in [9.17, 15) is 22.0 Å². The van der Waals surface area contributed by atoms with E-state index >= 15 is 0 Å². The van der Waals surface area contributed by atoms with E-state index in [2.05, 4.69) is 4.72 Å². The molecular formula is C13H13F2NO4S. The lowest BCUT2D eigenvalue weighted by Crippen LogP contribution is -2.36. The molecule has 2 N–H and O–H groups in total. The molecular weight excluding hydrogens is 304 g/mol. The van der Waals surface area contributed by atoms with E-state index in [1.807, 2.05) is 6.08 Å². The van der Waals surface area contributed by atoms with Crippen LogP contribution >= 0.6 is 0 Å². The summed E-state index contributed by atoms with van der Waals surface area (Å²) in [6.07, 6.45) is 5.36. The van der Waals surface area contributed by atoms with Gasteiger partial charge < -0.3 is 5.11 Å². The number of allylic oxidation sites excluding steroid dienone is 1. The first-order chi connectivity index (χ1) is 9.81. The van der Waals surface area contributed by atoms with Gasteiger partial charge in [-0.1, -0.05) is 12.2 Å². The van der Waals surface area contributed by atoms with Gasteiger partial charge in [0.15, 0.2) is 11.6 Å². The third-order valence-electron chi connectivity index (χ3n) is 3.12. The van der Waals surface area contributed by atoms with Crippen LogP contribution in [0.1, 0.15) is 29.6 Å². The van der Waals surface area contributed by atoms with Crippen LogP contribution in [0.5, 0.6) is 0 Å². The molecule has 114 valence electrons. The first-order valence-corrected chi connectivity index (χ1v) is 7.69. The number of benzene rings is 1. The second-order valence-electron chi connectivity index (χ2n) is 4.68. The number of nitrogens with one attached hydrogen (secondary N) is 1. The van der Waals surface area contributed by atoms with Crippen molar-refractivity contribution in [2.75, 3.05) is 0 Å². The van der Waals surface area contributed by atoms with Gasteiger partial charge in [0.25, 0.3) is 0 Å². The fourth-order valence-corrected chi connectivity index (χ4v) is 3.46. The number of aromatic carboxylic acids is 1. The van der Waals surface area contributed by atoms with Crippen LogP contribution < -0.4 is 4.72 Å². The molecule has 0 aliphatic heterocycles. The number of halogens is 2. The average Bonchev–Trinajstić information content (AvgIpc) is 2.41. The summed E-state index contributed by atoms with van der Waals surface area (Å²) in [5.74, 6) is -4.64. The highest BCUT2D eigenvalue weighted by molar-refractivity contribution is 7.89. The maximum Gasteiger partial charge on any atom is 0.335 e. The highest BCUT2D eigenvalue weighted by atomic mass is 32.2. The van der Waals surface area contributed by atoms with Crippen molar-refractivity contribution in [1.29, 1.82) is 0 Å². The molecule has 2 rings (SSSR count). The number of carbonyl (C=O) groups is 1. The third kappa shape index (κ3) is 3.45. The van der Waals surface area contributed by atoms with Crippen molar-refractivity contribution in [2.24, 2.45) is 0 Å². The van der Waals surface area contributed by atoms with Gasteiger partial charge >= 0.3 is 5.97 Å². The Morgan fingerprint density at radius 2 is 2.00 bits per heavy atom. The molecule has 1 aromatic rings. The van der Waals surface area contributed by atoms with Crippen LogP contribution in [0.15, 0.2) is 29.2 Å². The molecule has 0 saturated carbocycles. The van der Waals surface area contributed by atoms with Gasteiger partial charge in [0.2, 0.25) is 10.0 Å². The second-order valence-corrected chi connectivity index (χ2v) is 6.36. The van der Waals surface area contributed by atoms with E-state index in [-0.39, 0.29) is 0 Å². The molecule has 1 aromatic carbocycles. The second kappa shape index (κ2) is 5.90. The van der Waals surface area contributed by atoms with Crippen LogP contribution in [0.4, 0.5) is 8.78 Å². The standard InChI is InChI=1S/C13H13F2NO4S/c14-10-6-8(13(17)18)7-11(12(10)15)21(19,20)16-9-4-2-1-3-5-9/h1-2,6-7,9,16H,3-5H2,(H,17,18). The Bertz CT molecular complexity index is 700. The predicted molar refractivity (Wildman–Crippen MR) is 70.4 cm³/mol. The molecule has 0 bridgehead atoms. The molecule has 1 aliphatic rings. The predicted octanol–water partition coefficient (Wildman–Crippen LogP) is 2.05. The highest BCUT2D eigenvalue weighted by Gasteiger charge is 2.27. The Morgan fingerprint density at radius 1 is 1.29 bits per heavy atom. The van der Waals surface area contributed by atoms with Gasteiger partial charge in [-0.2, -0.15) is 0 Å². The minimum absolute atomic E-state index is 0.420. The fraction of sp³-hybridized carbons (Fsp3) is 0.308. The summed E-state index contributed by atoms with van der Waals surface area (Å²) in [4.78, 5) is 9.83. The Hall–Kier alpha value is -1.80. The molecule has 0 spiro atoms. The monoisotopic (exact) mass is 317 g/mol. The molecule has 0 amide bonds. The summed E-state index contributed by atoms with van der Waals surface area (Å²) in [5.41, 5.74) is -0.627. The lowest BCUT2D eigenvalue weighted by atomic mass is 10.0. The van der Waals surface area contributed by atoms with Crippen LogP contribution in [0.2, 0.25) is 0 Å². The third-order valence-corrected chi connectivity index (χ3v) is 4.64. The summed E-state index contributed by atoms with van der Waals surface area (Å²) in [5, 5.41) is 8.80. The minimum Gasteiger partial charge on any atom is -0.478 e. The smallest absolute Gasteiger partial charge is 0.335 e. The van der Waals surface area contributed by atoms with Crippen LogP contribution in [0, 0.1) is 11.6 Å². The van der Waals surface area contributed by atoms with Gasteiger partial charge in [-0.05, 0) is 31.4 Å². The van der Waals surface area contributed by atoms with Gasteiger partial charge in [-0.25, -0.2) is 26.7 Å². The Morgan fingerprint density at radius 3 is 2.57 bits per heavy atom. The zero-order valence-corrected chi connectivity index (χ0v) is 11.7. The van der Waals surface area contributed by atoms with Crippen LogP contribution in [-0.4, -0.2) is 25.5 Å². The van der Waals surface area contributed by atoms with Crippen molar-refractivity contribution in [1.82, 2.24) is 4.72 Å². The highest BCUT2D eigenvalue weighted by Crippen LogP contribution is 2.22. The summed E-state index contributed by atoms with van der Waals surface area (Å²) in [7, 11) is -4.33. The quantitative estimate of drug-likeness (QED) is 0.833. The number of carboxylic acid groups (broad SMARTS) is 1. The maximum atomic E-state index is 13.7. The molecule has 1 atom stereocenters.